The van der Waals surface area contributed by atoms with Crippen molar-refractivity contribution in [1.29, 1.82) is 0 Å². The molecule has 0 spiro atoms. The van der Waals surface area contributed by atoms with Gasteiger partial charge >= 0.3 is 0 Å². The van der Waals surface area contributed by atoms with Crippen LogP contribution in [0.15, 0.2) is 24.3 Å². The highest BCUT2D eigenvalue weighted by atomic mass is 16.2. The van der Waals surface area contributed by atoms with Crippen molar-refractivity contribution in [3.63, 3.8) is 0 Å². The van der Waals surface area contributed by atoms with Gasteiger partial charge in [0, 0.05) is 29.5 Å². The first-order valence-electron chi connectivity index (χ1n) is 10.2. The summed E-state index contributed by atoms with van der Waals surface area (Å²) in [5.74, 6) is 0.0350. The topological polar surface area (TPSA) is 48.1 Å². The van der Waals surface area contributed by atoms with E-state index in [0.717, 1.165) is 43.5 Å². The summed E-state index contributed by atoms with van der Waals surface area (Å²) in [7, 11) is 6.30. The predicted molar refractivity (Wildman–Crippen MR) is 112 cm³/mol. The highest BCUT2D eigenvalue weighted by molar-refractivity contribution is 6.34. The number of nitrogens with zero attached hydrogens (tertiary/aromatic N) is 1. The van der Waals surface area contributed by atoms with Gasteiger partial charge in [0.25, 0.3) is 0 Å². The number of nitrogens with one attached hydrogen (secondary N) is 2. The molecule has 2 radical (unpaired) electrons. The van der Waals surface area contributed by atoms with Crippen LogP contribution in [0.25, 0.3) is 16.5 Å². The van der Waals surface area contributed by atoms with Crippen LogP contribution in [0.4, 0.5) is 0 Å². The molecule has 1 aromatic heterocycles. The molecule has 2 aromatic rings. The van der Waals surface area contributed by atoms with Gasteiger partial charge in [0.05, 0.1) is 5.92 Å². The zero-order chi connectivity index (χ0) is 19.1. The maximum absolute atomic E-state index is 12.9. The number of amides is 1. The molecule has 4 rings (SSSR count). The first-order valence-corrected chi connectivity index (χ1v) is 10.2. The lowest BCUT2D eigenvalue weighted by molar-refractivity contribution is -0.125. The van der Waals surface area contributed by atoms with Crippen molar-refractivity contribution in [2.75, 3.05) is 13.1 Å². The molecule has 0 fully saturated rings. The molecule has 1 aliphatic heterocycles. The minimum absolute atomic E-state index is 0.107. The lowest BCUT2D eigenvalue weighted by atomic mass is 9.77. The van der Waals surface area contributed by atoms with Crippen LogP contribution in [0, 0.1) is 5.92 Å². The van der Waals surface area contributed by atoms with Crippen LogP contribution in [0.5, 0.6) is 0 Å². The van der Waals surface area contributed by atoms with Crippen molar-refractivity contribution in [3.8, 4) is 0 Å². The zero-order valence-corrected chi connectivity index (χ0v) is 16.5. The molecule has 140 valence electrons. The van der Waals surface area contributed by atoms with Crippen LogP contribution in [0.2, 0.25) is 0 Å². The fourth-order valence-corrected chi connectivity index (χ4v) is 4.59. The molecular formula is C22H28BN3O. The van der Waals surface area contributed by atoms with Crippen molar-refractivity contribution in [2.45, 2.75) is 52.1 Å². The minimum Gasteiger partial charge on any atom is -0.368 e. The quantitative estimate of drug-likeness (QED) is 0.804. The van der Waals surface area contributed by atoms with Gasteiger partial charge in [0.2, 0.25) is 5.91 Å². The Hall–Kier alpha value is -2.01. The molecule has 0 saturated carbocycles. The second-order valence-corrected chi connectivity index (χ2v) is 8.01. The molecule has 1 amide bonds. The second-order valence-electron chi connectivity index (χ2n) is 8.01. The van der Waals surface area contributed by atoms with Gasteiger partial charge in [-0.25, -0.2) is 0 Å². The number of aromatic amines is 1. The first kappa shape index (κ1) is 18.4. The van der Waals surface area contributed by atoms with Gasteiger partial charge in [-0.3, -0.25) is 9.69 Å². The summed E-state index contributed by atoms with van der Waals surface area (Å²) in [5, 5.41) is 4.40. The number of carbonyl (C=O) groups is 1. The second kappa shape index (κ2) is 7.19. The van der Waals surface area contributed by atoms with E-state index in [2.05, 4.69) is 60.2 Å². The van der Waals surface area contributed by atoms with E-state index in [4.69, 9.17) is 7.85 Å². The van der Waals surface area contributed by atoms with Gasteiger partial charge in [0.15, 0.2) is 0 Å². The van der Waals surface area contributed by atoms with E-state index in [0.29, 0.717) is 6.04 Å². The fourth-order valence-electron chi connectivity index (χ4n) is 4.59. The summed E-state index contributed by atoms with van der Waals surface area (Å²) in [6.45, 7) is 8.14. The zero-order valence-electron chi connectivity index (χ0n) is 16.5. The average Bonchev–Trinajstić information content (AvgIpc) is 2.99. The smallest absolute Gasteiger partial charge is 0.228 e. The Balaban J connectivity index is 1.78. The van der Waals surface area contributed by atoms with E-state index in [1.807, 2.05) is 0 Å². The molecule has 27 heavy (non-hydrogen) atoms. The maximum Gasteiger partial charge on any atom is 0.228 e. The Morgan fingerprint density at radius 3 is 2.96 bits per heavy atom. The standard InChI is InChI=1S/C22H28BN3O/c1-4-9-26-12-14(22(27)24-13(3)5-2)10-16-15-7-6-8-18-20(15)17(11-19(16)26)21(23)25-18/h6-8,10,13-14,19,25H,4-5,9,11-12H2,1-3H3,(H,24,27)/t13-,14?,19-/m1/s1. The molecule has 1 aromatic carbocycles. The molecule has 3 atom stereocenters. The summed E-state index contributed by atoms with van der Waals surface area (Å²) in [5.41, 5.74) is 5.62. The Bertz CT molecular complexity index is 900. The lowest BCUT2D eigenvalue weighted by Crippen LogP contribution is -2.50. The maximum atomic E-state index is 12.9. The molecule has 2 aliphatic rings. The van der Waals surface area contributed by atoms with E-state index >= 15 is 0 Å². The van der Waals surface area contributed by atoms with Crippen LogP contribution in [-0.4, -0.2) is 48.8 Å². The van der Waals surface area contributed by atoms with Gasteiger partial charge in [-0.05, 0) is 61.1 Å². The highest BCUT2D eigenvalue weighted by Crippen LogP contribution is 2.40. The summed E-state index contributed by atoms with van der Waals surface area (Å²) < 4.78 is 0. The monoisotopic (exact) mass is 361 g/mol. The van der Waals surface area contributed by atoms with Crippen LogP contribution in [-0.2, 0) is 11.2 Å². The number of aromatic nitrogens is 1. The normalized spacial score (nSPS) is 23.0. The predicted octanol–water partition coefficient (Wildman–Crippen LogP) is 2.53. The van der Waals surface area contributed by atoms with Crippen molar-refractivity contribution in [3.05, 3.63) is 35.4 Å². The number of rotatable bonds is 5. The fraction of sp³-hybridized carbons (Fsp3) is 0.500. The Morgan fingerprint density at radius 2 is 2.22 bits per heavy atom. The van der Waals surface area contributed by atoms with Crippen LogP contribution >= 0.6 is 0 Å². The lowest BCUT2D eigenvalue weighted by Gasteiger charge is -2.42. The molecule has 4 nitrogen and oxygen atoms in total. The molecule has 1 unspecified atom stereocenters. The Kier molecular flexibility index (Phi) is 4.89. The Labute approximate surface area is 162 Å². The van der Waals surface area contributed by atoms with Crippen LogP contribution in [0.1, 0.15) is 44.7 Å². The SMILES string of the molecule is [B]c1[nH]c2cccc3c2c1C[C@@H]1C3=CC(C(=O)N[C@H](C)CC)CN1CCC. The number of hydrogen-bond donors (Lipinski definition) is 2. The molecule has 2 N–H and O–H groups in total. The number of benzene rings is 1. The number of H-pyrrole nitrogens is 1. The minimum atomic E-state index is -0.107. The van der Waals surface area contributed by atoms with Gasteiger partial charge in [0.1, 0.15) is 7.85 Å². The number of carbonyl (C=O) groups excluding carboxylic acids is 1. The summed E-state index contributed by atoms with van der Waals surface area (Å²) in [6, 6.07) is 6.84. The summed E-state index contributed by atoms with van der Waals surface area (Å²) in [4.78, 5) is 18.7. The van der Waals surface area contributed by atoms with Gasteiger partial charge in [-0.2, -0.15) is 0 Å². The molecular weight excluding hydrogens is 333 g/mol. The van der Waals surface area contributed by atoms with Crippen molar-refractivity contribution < 1.29 is 4.79 Å². The first-order chi connectivity index (χ1) is 13.0. The van der Waals surface area contributed by atoms with E-state index in [9.17, 15) is 4.79 Å². The number of fused-ring (bicyclic) bond motifs is 2. The molecule has 0 saturated heterocycles. The summed E-state index contributed by atoms with van der Waals surface area (Å²) >= 11 is 0. The van der Waals surface area contributed by atoms with Crippen molar-refractivity contribution >= 4 is 35.8 Å². The third-order valence-electron chi connectivity index (χ3n) is 6.13. The molecule has 5 heteroatoms. The van der Waals surface area contributed by atoms with Gasteiger partial charge in [-0.1, -0.05) is 32.1 Å². The van der Waals surface area contributed by atoms with Gasteiger partial charge < -0.3 is 10.3 Å². The summed E-state index contributed by atoms with van der Waals surface area (Å²) in [6.07, 6.45) is 5.15. The van der Waals surface area contributed by atoms with E-state index < -0.39 is 0 Å². The molecule has 1 aliphatic carbocycles. The largest absolute Gasteiger partial charge is 0.368 e. The van der Waals surface area contributed by atoms with E-state index in [-0.39, 0.29) is 17.9 Å². The highest BCUT2D eigenvalue weighted by Gasteiger charge is 2.37. The van der Waals surface area contributed by atoms with Crippen molar-refractivity contribution in [1.82, 2.24) is 15.2 Å². The molecule has 0 bridgehead atoms. The third kappa shape index (κ3) is 3.12. The van der Waals surface area contributed by atoms with E-state index in [1.54, 1.807) is 0 Å². The van der Waals surface area contributed by atoms with Crippen LogP contribution in [0.3, 0.4) is 0 Å². The van der Waals surface area contributed by atoms with Gasteiger partial charge in [-0.15, -0.1) is 0 Å². The Morgan fingerprint density at radius 1 is 1.41 bits per heavy atom. The third-order valence-corrected chi connectivity index (χ3v) is 6.13. The average molecular weight is 361 g/mol. The van der Waals surface area contributed by atoms with Crippen LogP contribution < -0.4 is 10.9 Å². The molecule has 2 heterocycles. The van der Waals surface area contributed by atoms with E-state index in [1.165, 1.54) is 22.1 Å². The van der Waals surface area contributed by atoms with Crippen molar-refractivity contribution in [2.24, 2.45) is 5.92 Å². The number of hydrogen-bond acceptors (Lipinski definition) is 2.